The molecule has 182 valence electrons. The van der Waals surface area contributed by atoms with Gasteiger partial charge in [-0.25, -0.2) is 0 Å². The summed E-state index contributed by atoms with van der Waals surface area (Å²) in [6.07, 6.45) is 3.36. The summed E-state index contributed by atoms with van der Waals surface area (Å²) in [5.41, 5.74) is 8.16. The number of likely N-dealkylation sites (N-methyl/N-ethyl adjacent to an activating group) is 1. The Balaban J connectivity index is 1.83. The van der Waals surface area contributed by atoms with Crippen LogP contribution in [0.4, 0.5) is 0 Å². The van der Waals surface area contributed by atoms with Crippen LogP contribution in [0.1, 0.15) is 35.1 Å². The third-order valence-corrected chi connectivity index (χ3v) is 6.27. The molecular weight excluding hydrogens is 434 g/mol. The summed E-state index contributed by atoms with van der Waals surface area (Å²) in [6.45, 7) is 3.78. The van der Waals surface area contributed by atoms with Gasteiger partial charge in [-0.3, -0.25) is 4.68 Å². The predicted molar refractivity (Wildman–Crippen MR) is 145 cm³/mol. The maximum atomic E-state index is 9.71. The minimum Gasteiger partial charge on any atom is -0.492 e. The van der Waals surface area contributed by atoms with E-state index in [0.29, 0.717) is 13.0 Å². The Kier molecular flexibility index (Phi) is 8.01. The molecule has 4 aromatic rings. The number of allylic oxidation sites excluding steroid dienone is 1. The normalized spacial score (nSPS) is 12.3. The fourth-order valence-electron chi connectivity index (χ4n) is 4.30. The lowest BCUT2D eigenvalue weighted by atomic mass is 9.86. The average molecular weight is 470 g/mol. The van der Waals surface area contributed by atoms with Gasteiger partial charge in [-0.2, -0.15) is 5.10 Å². The van der Waals surface area contributed by atoms with Crippen LogP contribution in [-0.4, -0.2) is 53.6 Å². The van der Waals surface area contributed by atoms with E-state index in [9.17, 15) is 5.11 Å². The molecule has 0 fully saturated rings. The lowest BCUT2D eigenvalue weighted by Gasteiger charge is -2.18. The van der Waals surface area contributed by atoms with Crippen LogP contribution in [0.25, 0.3) is 22.0 Å². The highest BCUT2D eigenvalue weighted by Crippen LogP contribution is 2.37. The highest BCUT2D eigenvalue weighted by atomic mass is 16.5. The molecule has 0 saturated heterocycles. The zero-order valence-electron chi connectivity index (χ0n) is 21.2. The summed E-state index contributed by atoms with van der Waals surface area (Å²) in [5, 5.41) is 15.2. The van der Waals surface area contributed by atoms with E-state index >= 15 is 0 Å². The van der Waals surface area contributed by atoms with E-state index in [1.165, 1.54) is 16.7 Å². The first-order chi connectivity index (χ1) is 17.0. The van der Waals surface area contributed by atoms with E-state index in [1.54, 1.807) is 0 Å². The van der Waals surface area contributed by atoms with Gasteiger partial charge in [0.15, 0.2) is 0 Å². The van der Waals surface area contributed by atoms with Crippen molar-refractivity contribution < 1.29 is 9.84 Å². The second-order valence-electron chi connectivity index (χ2n) is 9.26. The largest absolute Gasteiger partial charge is 0.492 e. The van der Waals surface area contributed by atoms with Crippen molar-refractivity contribution in [2.24, 2.45) is 7.05 Å². The Morgan fingerprint density at radius 1 is 0.943 bits per heavy atom. The Bertz CT molecular complexity index is 1290. The minimum absolute atomic E-state index is 0.150. The van der Waals surface area contributed by atoms with Crippen LogP contribution < -0.4 is 4.74 Å². The van der Waals surface area contributed by atoms with Crippen molar-refractivity contribution in [2.75, 3.05) is 33.9 Å². The molecule has 0 aliphatic carbocycles. The van der Waals surface area contributed by atoms with E-state index in [-0.39, 0.29) is 6.61 Å². The summed E-state index contributed by atoms with van der Waals surface area (Å²) in [4.78, 5) is 2.11. The van der Waals surface area contributed by atoms with Crippen molar-refractivity contribution >= 4 is 22.0 Å². The maximum Gasteiger partial charge on any atom is 0.119 e. The summed E-state index contributed by atoms with van der Waals surface area (Å²) in [5.74, 6) is 0.868. The monoisotopic (exact) mass is 469 g/mol. The first-order valence-electron chi connectivity index (χ1n) is 12.2. The molecule has 0 aliphatic rings. The summed E-state index contributed by atoms with van der Waals surface area (Å²) >= 11 is 0. The summed E-state index contributed by atoms with van der Waals surface area (Å²) in [6, 6.07) is 23.6. The third kappa shape index (κ3) is 5.99. The molecule has 1 heterocycles. The zero-order chi connectivity index (χ0) is 24.8. The lowest BCUT2D eigenvalue weighted by Crippen LogP contribution is -2.19. The number of aliphatic hydroxyl groups excluding tert-OH is 1. The number of ether oxygens (including phenoxy) is 1. The van der Waals surface area contributed by atoms with E-state index < -0.39 is 0 Å². The quantitative estimate of drug-likeness (QED) is 0.309. The number of rotatable bonds is 10. The number of aromatic nitrogens is 2. The maximum absolute atomic E-state index is 9.71. The first kappa shape index (κ1) is 24.7. The molecule has 0 bridgehead atoms. The molecule has 0 spiro atoms. The fraction of sp³-hybridized carbons (Fsp3) is 0.300. The number of aryl methyl sites for hydroxylation is 2. The second kappa shape index (κ2) is 11.3. The van der Waals surface area contributed by atoms with Crippen molar-refractivity contribution in [1.29, 1.82) is 0 Å². The van der Waals surface area contributed by atoms with Gasteiger partial charge in [0.25, 0.3) is 0 Å². The molecule has 1 aromatic heterocycles. The van der Waals surface area contributed by atoms with Crippen LogP contribution in [0.2, 0.25) is 0 Å². The molecule has 0 radical (unpaired) electrons. The Morgan fingerprint density at radius 2 is 1.60 bits per heavy atom. The van der Waals surface area contributed by atoms with Gasteiger partial charge in [0, 0.05) is 25.6 Å². The summed E-state index contributed by atoms with van der Waals surface area (Å²) < 4.78 is 7.85. The highest BCUT2D eigenvalue weighted by Gasteiger charge is 2.16. The van der Waals surface area contributed by atoms with E-state index in [0.717, 1.165) is 46.3 Å². The van der Waals surface area contributed by atoms with Gasteiger partial charge in [0.05, 0.1) is 11.7 Å². The van der Waals surface area contributed by atoms with Crippen molar-refractivity contribution in [3.8, 4) is 5.75 Å². The molecule has 1 N–H and O–H groups in total. The molecule has 0 atom stereocenters. The average Bonchev–Trinajstić information content (AvgIpc) is 3.23. The third-order valence-electron chi connectivity index (χ3n) is 6.27. The van der Waals surface area contributed by atoms with Crippen molar-refractivity contribution in [1.82, 2.24) is 14.7 Å². The molecule has 0 saturated carbocycles. The predicted octanol–water partition coefficient (Wildman–Crippen LogP) is 5.55. The Labute approximate surface area is 208 Å². The van der Waals surface area contributed by atoms with Crippen LogP contribution in [0, 0.1) is 6.92 Å². The molecule has 0 aliphatic heterocycles. The molecule has 0 unspecified atom stereocenters. The second-order valence-corrected chi connectivity index (χ2v) is 9.26. The first-order valence-corrected chi connectivity index (χ1v) is 12.2. The number of fused-ring (bicyclic) bond motifs is 1. The number of nitrogens with zero attached hydrogens (tertiary/aromatic N) is 3. The van der Waals surface area contributed by atoms with Gasteiger partial charge in [-0.1, -0.05) is 54.1 Å². The molecule has 0 amide bonds. The Morgan fingerprint density at radius 3 is 2.26 bits per heavy atom. The van der Waals surface area contributed by atoms with Crippen LogP contribution >= 0.6 is 0 Å². The Hall–Kier alpha value is -3.41. The number of aliphatic hydroxyl groups is 1. The van der Waals surface area contributed by atoms with Crippen LogP contribution in [0.5, 0.6) is 5.75 Å². The van der Waals surface area contributed by atoms with Gasteiger partial charge in [0.1, 0.15) is 12.4 Å². The summed E-state index contributed by atoms with van der Waals surface area (Å²) in [7, 11) is 6.06. The van der Waals surface area contributed by atoms with Crippen molar-refractivity contribution in [3.05, 3.63) is 95.2 Å². The number of hydrogen-bond acceptors (Lipinski definition) is 4. The lowest BCUT2D eigenvalue weighted by molar-refractivity contribution is 0.261. The topological polar surface area (TPSA) is 50.5 Å². The smallest absolute Gasteiger partial charge is 0.119 e. The minimum atomic E-state index is 0.150. The van der Waals surface area contributed by atoms with Crippen molar-refractivity contribution in [2.45, 2.75) is 19.8 Å². The molecule has 3 aromatic carbocycles. The standard InChI is InChI=1S/C30H35N3O2/c1-22-7-9-23(10-8-22)30(24-13-15-27(16-14-24)35-19-17-32(2)3)28(6-5-18-34)25-11-12-26-21-31-33(4)29(26)20-25/h7-16,20-21,34H,5-6,17-19H2,1-4H3/b30-28-. The van der Waals surface area contributed by atoms with Gasteiger partial charge in [-0.15, -0.1) is 0 Å². The van der Waals surface area contributed by atoms with Crippen LogP contribution in [-0.2, 0) is 7.05 Å². The number of benzene rings is 3. The number of hydrogen-bond donors (Lipinski definition) is 1. The zero-order valence-corrected chi connectivity index (χ0v) is 21.2. The molecule has 35 heavy (non-hydrogen) atoms. The molecule has 4 rings (SSSR count). The van der Waals surface area contributed by atoms with Crippen LogP contribution in [0.3, 0.4) is 0 Å². The van der Waals surface area contributed by atoms with E-state index in [4.69, 9.17) is 4.74 Å². The van der Waals surface area contributed by atoms with E-state index in [1.807, 2.05) is 44.2 Å². The van der Waals surface area contributed by atoms with Crippen molar-refractivity contribution in [3.63, 3.8) is 0 Å². The highest BCUT2D eigenvalue weighted by molar-refractivity contribution is 6.00. The van der Waals surface area contributed by atoms with Crippen LogP contribution in [0.15, 0.2) is 72.9 Å². The van der Waals surface area contributed by atoms with Gasteiger partial charge < -0.3 is 14.7 Å². The van der Waals surface area contributed by atoms with E-state index in [2.05, 4.69) is 71.5 Å². The molecular formula is C30H35N3O2. The SMILES string of the molecule is Cc1ccc(/C(=C(\CCCO)c2ccc3cnn(C)c3c2)c2ccc(OCCN(C)C)cc2)cc1. The fourth-order valence-corrected chi connectivity index (χ4v) is 4.30. The van der Waals surface area contributed by atoms with Gasteiger partial charge in [-0.05, 0) is 79.9 Å². The van der Waals surface area contributed by atoms with Gasteiger partial charge >= 0.3 is 0 Å². The van der Waals surface area contributed by atoms with Gasteiger partial charge in [0.2, 0.25) is 0 Å². The molecule has 5 heteroatoms. The molecule has 5 nitrogen and oxygen atoms in total.